The molecule has 0 spiro atoms. The lowest BCUT2D eigenvalue weighted by atomic mass is 9.94. The predicted molar refractivity (Wildman–Crippen MR) is 106 cm³/mol. The minimum Gasteiger partial charge on any atom is -0.388 e. The summed E-state index contributed by atoms with van der Waals surface area (Å²) in [5.41, 5.74) is 1.54. The fourth-order valence-corrected chi connectivity index (χ4v) is 5.19. The van der Waals surface area contributed by atoms with Crippen LogP contribution in [0.1, 0.15) is 29.7 Å². The molecule has 1 aliphatic heterocycles. The maximum atomic E-state index is 10.8. The zero-order chi connectivity index (χ0) is 18.3. The van der Waals surface area contributed by atoms with Gasteiger partial charge in [0.25, 0.3) is 0 Å². The van der Waals surface area contributed by atoms with Crippen molar-refractivity contribution < 1.29 is 9.84 Å². The molecule has 2 aliphatic rings. The highest BCUT2D eigenvalue weighted by Gasteiger charge is 2.30. The Morgan fingerprint density at radius 2 is 2.11 bits per heavy atom. The van der Waals surface area contributed by atoms with Crippen LogP contribution in [0.3, 0.4) is 0 Å². The normalized spacial score (nSPS) is 18.6. The third kappa shape index (κ3) is 3.20. The van der Waals surface area contributed by atoms with Crippen LogP contribution in [0.2, 0.25) is 0 Å². The summed E-state index contributed by atoms with van der Waals surface area (Å²) in [6, 6.07) is 3.88. The van der Waals surface area contributed by atoms with E-state index in [-0.39, 0.29) is 0 Å². The SMILES string of the molecule is OC1(CNc2nc(-c3cccnc3)nc3sc4c(c23)CCC4)CCOCC1. The van der Waals surface area contributed by atoms with Crippen molar-refractivity contribution >= 4 is 27.4 Å². The van der Waals surface area contributed by atoms with E-state index in [4.69, 9.17) is 14.7 Å². The van der Waals surface area contributed by atoms with E-state index in [0.29, 0.717) is 38.4 Å². The van der Waals surface area contributed by atoms with Gasteiger partial charge in [0, 0.05) is 55.4 Å². The van der Waals surface area contributed by atoms with E-state index in [0.717, 1.165) is 34.4 Å². The van der Waals surface area contributed by atoms with Crippen LogP contribution in [-0.2, 0) is 17.6 Å². The predicted octanol–water partition coefficient (Wildman–Crippen LogP) is 3.20. The highest BCUT2D eigenvalue weighted by molar-refractivity contribution is 7.19. The summed E-state index contributed by atoms with van der Waals surface area (Å²) in [6.45, 7) is 1.68. The molecule has 3 aromatic rings. The molecule has 0 aromatic carbocycles. The summed E-state index contributed by atoms with van der Waals surface area (Å²) in [5.74, 6) is 1.51. The monoisotopic (exact) mass is 382 g/mol. The van der Waals surface area contributed by atoms with Gasteiger partial charge in [-0.25, -0.2) is 9.97 Å². The molecule has 1 fully saturated rings. The molecule has 1 aliphatic carbocycles. The maximum Gasteiger partial charge on any atom is 0.164 e. The van der Waals surface area contributed by atoms with Crippen molar-refractivity contribution in [3.8, 4) is 11.4 Å². The van der Waals surface area contributed by atoms with Crippen molar-refractivity contribution in [2.45, 2.75) is 37.7 Å². The fraction of sp³-hybridized carbons (Fsp3) is 0.450. The fourth-order valence-electron chi connectivity index (χ4n) is 3.92. The number of hydrogen-bond acceptors (Lipinski definition) is 7. The second kappa shape index (κ2) is 6.82. The van der Waals surface area contributed by atoms with Gasteiger partial charge in [0.05, 0.1) is 11.0 Å². The molecule has 27 heavy (non-hydrogen) atoms. The van der Waals surface area contributed by atoms with Crippen LogP contribution in [0, 0.1) is 0 Å². The topological polar surface area (TPSA) is 80.2 Å². The number of aryl methyl sites for hydroxylation is 2. The first kappa shape index (κ1) is 17.0. The molecule has 3 aromatic heterocycles. The zero-order valence-corrected chi connectivity index (χ0v) is 15.9. The average Bonchev–Trinajstić information content (AvgIpc) is 3.28. The van der Waals surface area contributed by atoms with E-state index in [2.05, 4.69) is 10.3 Å². The second-order valence-corrected chi connectivity index (χ2v) is 8.45. The number of fused-ring (bicyclic) bond motifs is 3. The molecule has 6 nitrogen and oxygen atoms in total. The third-order valence-electron chi connectivity index (χ3n) is 5.49. The van der Waals surface area contributed by atoms with Crippen molar-refractivity contribution in [3.05, 3.63) is 35.0 Å². The molecule has 0 atom stereocenters. The lowest BCUT2D eigenvalue weighted by Gasteiger charge is -2.32. The quantitative estimate of drug-likeness (QED) is 0.721. The number of ether oxygens (including phenoxy) is 1. The molecule has 5 rings (SSSR count). The Labute approximate surface area is 161 Å². The van der Waals surface area contributed by atoms with E-state index in [1.807, 2.05) is 12.1 Å². The summed E-state index contributed by atoms with van der Waals surface area (Å²) in [5, 5.41) is 15.4. The Kier molecular flexibility index (Phi) is 4.30. The van der Waals surface area contributed by atoms with Crippen LogP contribution >= 0.6 is 11.3 Å². The highest BCUT2D eigenvalue weighted by atomic mass is 32.1. The molecule has 1 saturated heterocycles. The van der Waals surface area contributed by atoms with E-state index < -0.39 is 5.60 Å². The van der Waals surface area contributed by atoms with Gasteiger partial charge in [-0.05, 0) is 37.0 Å². The standard InChI is InChI=1S/C20H22N4O2S/c25-20(6-9-26-10-7-20)12-22-18-16-14-4-1-5-15(14)27-19(16)24-17(23-18)13-3-2-8-21-11-13/h2-3,8,11,25H,1,4-7,9-10,12H2,(H,22,23,24). The van der Waals surface area contributed by atoms with E-state index in [1.54, 1.807) is 23.7 Å². The number of thiophene rings is 1. The van der Waals surface area contributed by atoms with Crippen molar-refractivity contribution in [2.75, 3.05) is 25.1 Å². The molecular weight excluding hydrogens is 360 g/mol. The van der Waals surface area contributed by atoms with Gasteiger partial charge in [0.1, 0.15) is 10.6 Å². The molecule has 4 heterocycles. The maximum absolute atomic E-state index is 10.8. The van der Waals surface area contributed by atoms with Crippen molar-refractivity contribution in [2.24, 2.45) is 0 Å². The summed E-state index contributed by atoms with van der Waals surface area (Å²) in [6.07, 6.45) is 8.23. The molecule has 0 unspecified atom stereocenters. The number of hydrogen-bond donors (Lipinski definition) is 2. The third-order valence-corrected chi connectivity index (χ3v) is 6.68. The zero-order valence-electron chi connectivity index (χ0n) is 15.1. The van der Waals surface area contributed by atoms with Crippen molar-refractivity contribution in [1.29, 1.82) is 0 Å². The number of pyridine rings is 1. The Morgan fingerprint density at radius 1 is 1.22 bits per heavy atom. The number of aromatic nitrogens is 3. The van der Waals surface area contributed by atoms with E-state index in [1.165, 1.54) is 16.9 Å². The lowest BCUT2D eigenvalue weighted by molar-refractivity contribution is -0.0543. The van der Waals surface area contributed by atoms with Crippen LogP contribution in [0.25, 0.3) is 21.6 Å². The van der Waals surface area contributed by atoms with Gasteiger partial charge in [0.15, 0.2) is 5.82 Å². The number of aliphatic hydroxyl groups is 1. The summed E-state index contributed by atoms with van der Waals surface area (Å²) in [7, 11) is 0. The van der Waals surface area contributed by atoms with Gasteiger partial charge in [-0.3, -0.25) is 4.98 Å². The van der Waals surface area contributed by atoms with Crippen LogP contribution < -0.4 is 5.32 Å². The van der Waals surface area contributed by atoms with Gasteiger partial charge in [-0.15, -0.1) is 11.3 Å². The van der Waals surface area contributed by atoms with Gasteiger partial charge in [-0.1, -0.05) is 0 Å². The highest BCUT2D eigenvalue weighted by Crippen LogP contribution is 2.40. The van der Waals surface area contributed by atoms with Crippen molar-refractivity contribution in [3.63, 3.8) is 0 Å². The number of anilines is 1. The summed E-state index contributed by atoms with van der Waals surface area (Å²) < 4.78 is 5.39. The second-order valence-electron chi connectivity index (χ2n) is 7.37. The smallest absolute Gasteiger partial charge is 0.164 e. The Bertz CT molecular complexity index is 967. The molecule has 140 valence electrons. The molecule has 0 bridgehead atoms. The van der Waals surface area contributed by atoms with E-state index >= 15 is 0 Å². The van der Waals surface area contributed by atoms with Gasteiger partial charge in [0.2, 0.25) is 0 Å². The van der Waals surface area contributed by atoms with Crippen LogP contribution in [0.4, 0.5) is 5.82 Å². The molecule has 7 heteroatoms. The minimum atomic E-state index is -0.747. The van der Waals surface area contributed by atoms with Gasteiger partial charge in [-0.2, -0.15) is 0 Å². The molecule has 0 amide bonds. The number of rotatable bonds is 4. The number of nitrogens with zero attached hydrogens (tertiary/aromatic N) is 3. The van der Waals surface area contributed by atoms with Crippen LogP contribution in [0.5, 0.6) is 0 Å². The van der Waals surface area contributed by atoms with E-state index in [9.17, 15) is 5.11 Å². The van der Waals surface area contributed by atoms with Crippen molar-refractivity contribution in [1.82, 2.24) is 15.0 Å². The molecule has 0 radical (unpaired) electrons. The number of nitrogens with one attached hydrogen (secondary N) is 1. The Hall–Kier alpha value is -2.09. The van der Waals surface area contributed by atoms with Gasteiger partial charge < -0.3 is 15.2 Å². The average molecular weight is 382 g/mol. The van der Waals surface area contributed by atoms with Crippen LogP contribution in [-0.4, -0.2) is 45.4 Å². The first-order valence-corrected chi connectivity index (χ1v) is 10.3. The molecular formula is C20H22N4O2S. The van der Waals surface area contributed by atoms with Gasteiger partial charge >= 0.3 is 0 Å². The summed E-state index contributed by atoms with van der Waals surface area (Å²) in [4.78, 5) is 16.3. The summed E-state index contributed by atoms with van der Waals surface area (Å²) >= 11 is 1.78. The minimum absolute atomic E-state index is 0.472. The first-order chi connectivity index (χ1) is 13.2. The lowest BCUT2D eigenvalue weighted by Crippen LogP contribution is -2.42. The Morgan fingerprint density at radius 3 is 2.93 bits per heavy atom. The first-order valence-electron chi connectivity index (χ1n) is 9.49. The molecule has 2 N–H and O–H groups in total. The van der Waals surface area contributed by atoms with Crippen LogP contribution in [0.15, 0.2) is 24.5 Å². The Balaban J connectivity index is 1.56. The molecule has 0 saturated carbocycles. The largest absolute Gasteiger partial charge is 0.388 e.